The van der Waals surface area contributed by atoms with E-state index < -0.39 is 5.91 Å². The highest BCUT2D eigenvalue weighted by Gasteiger charge is 2.22. The highest BCUT2D eigenvalue weighted by atomic mass is 32.1. The number of rotatable bonds is 5. The van der Waals surface area contributed by atoms with Crippen molar-refractivity contribution in [3.8, 4) is 11.3 Å². The summed E-state index contributed by atoms with van der Waals surface area (Å²) in [4.78, 5) is 30.4. The van der Waals surface area contributed by atoms with Gasteiger partial charge in [-0.15, -0.1) is 0 Å². The van der Waals surface area contributed by atoms with Gasteiger partial charge in [0.25, 0.3) is 5.91 Å². The molecule has 7 heteroatoms. The Balaban J connectivity index is 1.72. The molecular formula is C21H15N3O3S. The third kappa shape index (κ3) is 3.60. The summed E-state index contributed by atoms with van der Waals surface area (Å²) >= 11 is 1.14. The van der Waals surface area contributed by atoms with Crippen LogP contribution < -0.4 is 5.32 Å². The molecule has 0 unspecified atom stereocenters. The third-order valence-electron chi connectivity index (χ3n) is 4.00. The summed E-state index contributed by atoms with van der Waals surface area (Å²) in [5.41, 5.74) is 2.06. The number of ketones is 1. The number of carbonyl (C=O) groups excluding carboxylic acids is 2. The number of hydrogen-bond donors (Lipinski definition) is 1. The molecule has 28 heavy (non-hydrogen) atoms. The summed E-state index contributed by atoms with van der Waals surface area (Å²) in [5, 5.41) is 6.73. The van der Waals surface area contributed by atoms with Gasteiger partial charge in [-0.2, -0.15) is 0 Å². The van der Waals surface area contributed by atoms with Crippen molar-refractivity contribution in [2.24, 2.45) is 0 Å². The Labute approximate surface area is 164 Å². The zero-order valence-electron chi connectivity index (χ0n) is 14.9. The van der Waals surface area contributed by atoms with E-state index in [0.717, 1.165) is 16.9 Å². The lowest BCUT2D eigenvalue weighted by molar-refractivity contribution is 0.101. The zero-order valence-corrected chi connectivity index (χ0v) is 15.7. The number of hydrogen-bond acceptors (Lipinski definition) is 6. The van der Waals surface area contributed by atoms with Crippen molar-refractivity contribution < 1.29 is 14.1 Å². The van der Waals surface area contributed by atoms with Gasteiger partial charge < -0.3 is 4.52 Å². The van der Waals surface area contributed by atoms with Gasteiger partial charge in [-0.05, 0) is 6.92 Å². The van der Waals surface area contributed by atoms with E-state index >= 15 is 0 Å². The van der Waals surface area contributed by atoms with Gasteiger partial charge in [-0.3, -0.25) is 14.9 Å². The van der Waals surface area contributed by atoms with Crippen LogP contribution in [0.3, 0.4) is 0 Å². The second-order valence-electron chi connectivity index (χ2n) is 6.03. The number of nitrogens with zero attached hydrogens (tertiary/aromatic N) is 2. The third-order valence-corrected chi connectivity index (χ3v) is 4.97. The van der Waals surface area contributed by atoms with Gasteiger partial charge in [0.15, 0.2) is 10.8 Å². The fraction of sp³-hybridized carbons (Fsp3) is 0.0476. The lowest BCUT2D eigenvalue weighted by Crippen LogP contribution is -2.11. The van der Waals surface area contributed by atoms with Crippen molar-refractivity contribution in [2.75, 3.05) is 5.32 Å². The minimum atomic E-state index is -0.441. The number of nitrogens with one attached hydrogen (secondary N) is 1. The average molecular weight is 389 g/mol. The van der Waals surface area contributed by atoms with Crippen LogP contribution in [-0.4, -0.2) is 21.8 Å². The van der Waals surface area contributed by atoms with Crippen molar-refractivity contribution in [3.05, 3.63) is 88.6 Å². The molecule has 0 saturated heterocycles. The first-order chi connectivity index (χ1) is 13.6. The predicted molar refractivity (Wildman–Crippen MR) is 107 cm³/mol. The number of amides is 1. The number of anilines is 1. The maximum absolute atomic E-state index is 13.0. The summed E-state index contributed by atoms with van der Waals surface area (Å²) in [6, 6.07) is 19.9. The topological polar surface area (TPSA) is 85.1 Å². The lowest BCUT2D eigenvalue weighted by Gasteiger charge is -2.02. The van der Waals surface area contributed by atoms with E-state index in [1.165, 1.54) is 6.07 Å². The van der Waals surface area contributed by atoms with Crippen molar-refractivity contribution >= 4 is 28.2 Å². The number of thiazole rings is 1. The molecule has 0 aliphatic heterocycles. The molecule has 1 amide bonds. The molecule has 6 nitrogen and oxygen atoms in total. The maximum atomic E-state index is 13.0. The summed E-state index contributed by atoms with van der Waals surface area (Å²) in [6.07, 6.45) is 0. The molecule has 4 aromatic rings. The van der Waals surface area contributed by atoms with Crippen molar-refractivity contribution in [1.82, 2.24) is 10.1 Å². The first kappa shape index (κ1) is 17.8. The van der Waals surface area contributed by atoms with Crippen LogP contribution in [-0.2, 0) is 0 Å². The largest absolute Gasteiger partial charge is 0.361 e. The first-order valence-corrected chi connectivity index (χ1v) is 9.34. The summed E-state index contributed by atoms with van der Waals surface area (Å²) in [6.45, 7) is 1.71. The minimum Gasteiger partial charge on any atom is -0.361 e. The van der Waals surface area contributed by atoms with E-state index in [-0.39, 0.29) is 11.5 Å². The highest BCUT2D eigenvalue weighted by Crippen LogP contribution is 2.33. The quantitative estimate of drug-likeness (QED) is 0.505. The van der Waals surface area contributed by atoms with Gasteiger partial charge in [0.1, 0.15) is 10.6 Å². The molecule has 0 fully saturated rings. The van der Waals surface area contributed by atoms with Crippen LogP contribution in [0.4, 0.5) is 5.13 Å². The van der Waals surface area contributed by atoms with Crippen LogP contribution in [0.2, 0.25) is 0 Å². The Hall–Kier alpha value is -3.58. The van der Waals surface area contributed by atoms with E-state index in [1.807, 2.05) is 48.5 Å². The standard InChI is InChI=1S/C21H15N3O3S/c1-13-12-16(24-27-13)20(26)23-21-22-17(14-8-4-2-5-9-14)19(28-21)18(25)15-10-6-3-7-11-15/h2-12H,1H3,(H,22,23,26). The Kier molecular flexibility index (Phi) is 4.82. The molecule has 138 valence electrons. The number of benzene rings is 2. The lowest BCUT2D eigenvalue weighted by atomic mass is 10.1. The van der Waals surface area contributed by atoms with E-state index in [4.69, 9.17) is 4.52 Å². The molecule has 2 aromatic carbocycles. The number of carbonyl (C=O) groups is 2. The van der Waals surface area contributed by atoms with Crippen molar-refractivity contribution in [2.45, 2.75) is 6.92 Å². The molecule has 0 spiro atoms. The molecule has 0 aliphatic carbocycles. The Morgan fingerprint density at radius 2 is 1.68 bits per heavy atom. The Bertz CT molecular complexity index is 1130. The normalized spacial score (nSPS) is 10.6. The van der Waals surface area contributed by atoms with Gasteiger partial charge >= 0.3 is 0 Å². The monoisotopic (exact) mass is 389 g/mol. The maximum Gasteiger partial charge on any atom is 0.279 e. The Morgan fingerprint density at radius 3 is 2.32 bits per heavy atom. The van der Waals surface area contributed by atoms with E-state index in [2.05, 4.69) is 15.5 Å². The van der Waals surface area contributed by atoms with Crippen LogP contribution >= 0.6 is 11.3 Å². The van der Waals surface area contributed by atoms with E-state index in [9.17, 15) is 9.59 Å². The molecule has 0 atom stereocenters. The first-order valence-electron chi connectivity index (χ1n) is 8.52. The summed E-state index contributed by atoms with van der Waals surface area (Å²) in [7, 11) is 0. The fourth-order valence-corrected chi connectivity index (χ4v) is 3.62. The molecule has 0 radical (unpaired) electrons. The van der Waals surface area contributed by atoms with Gasteiger partial charge in [0.05, 0.1) is 5.69 Å². The summed E-state index contributed by atoms with van der Waals surface area (Å²) < 4.78 is 4.94. The smallest absolute Gasteiger partial charge is 0.279 e. The molecule has 0 saturated carbocycles. The van der Waals surface area contributed by atoms with Gasteiger partial charge in [-0.25, -0.2) is 4.98 Å². The molecule has 2 heterocycles. The SMILES string of the molecule is Cc1cc(C(=O)Nc2nc(-c3ccccc3)c(C(=O)c3ccccc3)s2)no1. The predicted octanol–water partition coefficient (Wildman–Crippen LogP) is 4.59. The second kappa shape index (κ2) is 7.58. The van der Waals surface area contributed by atoms with Crippen molar-refractivity contribution in [1.29, 1.82) is 0 Å². The highest BCUT2D eigenvalue weighted by molar-refractivity contribution is 7.18. The molecular weight excluding hydrogens is 374 g/mol. The van der Waals surface area contributed by atoms with Gasteiger partial charge in [0, 0.05) is 17.2 Å². The fourth-order valence-electron chi connectivity index (χ4n) is 2.67. The van der Waals surface area contributed by atoms with Crippen LogP contribution in [0.1, 0.15) is 31.5 Å². The summed E-state index contributed by atoms with van der Waals surface area (Å²) in [5.74, 6) is -0.0483. The molecule has 0 aliphatic rings. The molecule has 2 aromatic heterocycles. The second-order valence-corrected chi connectivity index (χ2v) is 7.03. The Morgan fingerprint density at radius 1 is 1.00 bits per heavy atom. The van der Waals surface area contributed by atoms with E-state index in [0.29, 0.717) is 27.0 Å². The zero-order chi connectivity index (χ0) is 19.5. The van der Waals surface area contributed by atoms with Crippen LogP contribution in [0.5, 0.6) is 0 Å². The average Bonchev–Trinajstić information content (AvgIpc) is 3.35. The van der Waals surface area contributed by atoms with Gasteiger partial charge in [-0.1, -0.05) is 77.2 Å². The van der Waals surface area contributed by atoms with Gasteiger partial charge in [0.2, 0.25) is 5.78 Å². The van der Waals surface area contributed by atoms with Crippen LogP contribution in [0, 0.1) is 6.92 Å². The molecule has 0 bridgehead atoms. The van der Waals surface area contributed by atoms with Crippen LogP contribution in [0.15, 0.2) is 71.3 Å². The molecule has 4 rings (SSSR count). The van der Waals surface area contributed by atoms with E-state index in [1.54, 1.807) is 19.1 Å². The number of aromatic nitrogens is 2. The molecule has 1 N–H and O–H groups in total. The van der Waals surface area contributed by atoms with Crippen LogP contribution in [0.25, 0.3) is 11.3 Å². The minimum absolute atomic E-state index is 0.144. The number of aryl methyl sites for hydroxylation is 1. The van der Waals surface area contributed by atoms with Crippen molar-refractivity contribution in [3.63, 3.8) is 0 Å².